The van der Waals surface area contributed by atoms with Crippen LogP contribution >= 0.6 is 11.3 Å². The summed E-state index contributed by atoms with van der Waals surface area (Å²) < 4.78 is 0. The highest BCUT2D eigenvalue weighted by Gasteiger charge is 2.17. The number of nitroso groups, excluding NO2 is 1. The van der Waals surface area contributed by atoms with Crippen molar-refractivity contribution < 1.29 is 4.79 Å². The van der Waals surface area contributed by atoms with Gasteiger partial charge in [-0.1, -0.05) is 11.3 Å². The Hall–Kier alpha value is -2.32. The molecule has 1 N–H and O–H groups in total. The highest BCUT2D eigenvalue weighted by molar-refractivity contribution is 7.19. The number of hydrogen-bond donors (Lipinski definition) is 1. The maximum atomic E-state index is 12.4. The summed E-state index contributed by atoms with van der Waals surface area (Å²) in [6, 6.07) is 5.86. The number of likely N-dealkylation sites (N-methyl/N-ethyl adjacent to an activating group) is 1. The molecule has 1 saturated heterocycles. The third-order valence-corrected chi connectivity index (χ3v) is 4.92. The quantitative estimate of drug-likeness (QED) is 0.862. The lowest BCUT2D eigenvalue weighted by molar-refractivity contribution is 0.102. The average Bonchev–Trinajstić information content (AvgIpc) is 3.03. The number of piperazine rings is 1. The minimum absolute atomic E-state index is 0.232. The second-order valence-electron chi connectivity index (χ2n) is 5.84. The van der Waals surface area contributed by atoms with E-state index in [4.69, 9.17) is 0 Å². The summed E-state index contributed by atoms with van der Waals surface area (Å²) in [6.07, 6.45) is 1.34. The van der Waals surface area contributed by atoms with Gasteiger partial charge >= 0.3 is 0 Å². The zero-order valence-electron chi connectivity index (χ0n) is 13.7. The second-order valence-corrected chi connectivity index (χ2v) is 6.85. The monoisotopic (exact) mass is 345 g/mol. The number of aromatic nitrogens is 1. The van der Waals surface area contributed by atoms with Gasteiger partial charge in [-0.15, -0.1) is 4.91 Å². The Labute approximate surface area is 144 Å². The number of nitrogens with one attached hydrogen (secondary N) is 1. The summed E-state index contributed by atoms with van der Waals surface area (Å²) in [5.74, 6) is -0.232. The zero-order valence-corrected chi connectivity index (χ0v) is 14.5. The highest BCUT2D eigenvalue weighted by Crippen LogP contribution is 2.26. The number of amides is 1. The van der Waals surface area contributed by atoms with Crippen LogP contribution in [0.25, 0.3) is 0 Å². The maximum Gasteiger partial charge on any atom is 0.257 e. The number of anilines is 2. The van der Waals surface area contributed by atoms with Crippen LogP contribution in [0, 0.1) is 11.8 Å². The number of thiazole rings is 1. The van der Waals surface area contributed by atoms with Gasteiger partial charge in [-0.25, -0.2) is 4.98 Å². The summed E-state index contributed by atoms with van der Waals surface area (Å²) in [5.41, 5.74) is 2.65. The molecule has 2 heterocycles. The number of hydrogen-bond acceptors (Lipinski definition) is 7. The molecule has 0 aliphatic carbocycles. The molecule has 3 rings (SSSR count). The Morgan fingerprint density at radius 3 is 2.67 bits per heavy atom. The van der Waals surface area contributed by atoms with Gasteiger partial charge in [-0.2, -0.15) is 0 Å². The van der Waals surface area contributed by atoms with Gasteiger partial charge in [0.05, 0.1) is 6.20 Å². The lowest BCUT2D eigenvalue weighted by atomic mass is 10.1. The molecule has 1 aromatic heterocycles. The number of benzene rings is 1. The first kappa shape index (κ1) is 16.5. The number of aryl methyl sites for hydroxylation is 1. The predicted molar refractivity (Wildman–Crippen MR) is 96.4 cm³/mol. The lowest BCUT2D eigenvalue weighted by Crippen LogP contribution is -2.44. The first-order chi connectivity index (χ1) is 11.6. The van der Waals surface area contributed by atoms with E-state index in [1.807, 2.05) is 25.1 Å². The van der Waals surface area contributed by atoms with E-state index in [9.17, 15) is 9.70 Å². The number of rotatable bonds is 4. The van der Waals surface area contributed by atoms with E-state index >= 15 is 0 Å². The van der Waals surface area contributed by atoms with E-state index < -0.39 is 0 Å². The molecule has 7 nitrogen and oxygen atoms in total. The Morgan fingerprint density at radius 2 is 2.04 bits per heavy atom. The van der Waals surface area contributed by atoms with Crippen LogP contribution in [-0.4, -0.2) is 49.0 Å². The molecule has 1 aliphatic heterocycles. The summed E-state index contributed by atoms with van der Waals surface area (Å²) in [4.78, 5) is 31.4. The zero-order chi connectivity index (χ0) is 17.1. The van der Waals surface area contributed by atoms with Crippen LogP contribution < -0.4 is 10.2 Å². The van der Waals surface area contributed by atoms with Crippen molar-refractivity contribution in [2.75, 3.05) is 43.4 Å². The minimum Gasteiger partial charge on any atom is -0.369 e. The summed E-state index contributed by atoms with van der Waals surface area (Å²) >= 11 is 1.05. The molecule has 0 saturated carbocycles. The molecule has 1 amide bonds. The smallest absolute Gasteiger partial charge is 0.257 e. The van der Waals surface area contributed by atoms with Crippen LogP contribution in [0.5, 0.6) is 0 Å². The van der Waals surface area contributed by atoms with Gasteiger partial charge in [0.1, 0.15) is 0 Å². The van der Waals surface area contributed by atoms with Crippen molar-refractivity contribution in [1.82, 2.24) is 9.88 Å². The average molecular weight is 345 g/mol. The van der Waals surface area contributed by atoms with Crippen molar-refractivity contribution in [2.24, 2.45) is 5.18 Å². The molecule has 0 bridgehead atoms. The molecule has 0 atom stereocenters. The number of carbonyl (C=O) groups excluding carboxylic acids is 1. The molecule has 0 radical (unpaired) electrons. The number of carbonyl (C=O) groups is 1. The summed E-state index contributed by atoms with van der Waals surface area (Å²) in [5, 5.41) is 6.13. The van der Waals surface area contributed by atoms with Crippen LogP contribution in [0.15, 0.2) is 29.6 Å². The fourth-order valence-electron chi connectivity index (χ4n) is 2.69. The van der Waals surface area contributed by atoms with E-state index in [-0.39, 0.29) is 10.9 Å². The van der Waals surface area contributed by atoms with Gasteiger partial charge in [0.15, 0.2) is 10.1 Å². The second kappa shape index (κ2) is 7.06. The maximum absolute atomic E-state index is 12.4. The van der Waals surface area contributed by atoms with Crippen molar-refractivity contribution in [3.63, 3.8) is 0 Å². The first-order valence-corrected chi connectivity index (χ1v) is 8.53. The normalized spacial score (nSPS) is 15.3. The van der Waals surface area contributed by atoms with Gasteiger partial charge in [0.25, 0.3) is 5.91 Å². The molecule has 8 heteroatoms. The molecule has 1 fully saturated rings. The summed E-state index contributed by atoms with van der Waals surface area (Å²) in [6.45, 7) is 5.98. The molecule has 0 unspecified atom stereocenters. The third-order valence-electron chi connectivity index (χ3n) is 4.13. The van der Waals surface area contributed by atoms with Gasteiger partial charge in [0.2, 0.25) is 0 Å². The van der Waals surface area contributed by atoms with E-state index in [0.717, 1.165) is 48.8 Å². The molecule has 1 aromatic carbocycles. The first-order valence-electron chi connectivity index (χ1n) is 7.71. The third kappa shape index (κ3) is 3.60. The molecule has 126 valence electrons. The van der Waals surface area contributed by atoms with Gasteiger partial charge in [-0.3, -0.25) is 10.1 Å². The van der Waals surface area contributed by atoms with E-state index in [1.165, 1.54) is 6.20 Å². The van der Waals surface area contributed by atoms with Crippen LogP contribution in [-0.2, 0) is 0 Å². The molecule has 2 aromatic rings. The molecule has 24 heavy (non-hydrogen) atoms. The van der Waals surface area contributed by atoms with E-state index in [2.05, 4.69) is 32.3 Å². The van der Waals surface area contributed by atoms with E-state index in [0.29, 0.717) is 10.7 Å². The fourth-order valence-corrected chi connectivity index (χ4v) is 3.28. The Balaban J connectivity index is 1.72. The van der Waals surface area contributed by atoms with Crippen molar-refractivity contribution in [1.29, 1.82) is 0 Å². The van der Waals surface area contributed by atoms with Crippen LogP contribution in [0.1, 0.15) is 15.9 Å². The van der Waals surface area contributed by atoms with E-state index in [1.54, 1.807) is 0 Å². The van der Waals surface area contributed by atoms with Gasteiger partial charge in [0, 0.05) is 37.4 Å². The van der Waals surface area contributed by atoms with Crippen molar-refractivity contribution in [2.45, 2.75) is 6.92 Å². The van der Waals surface area contributed by atoms with Crippen LogP contribution in [0.2, 0.25) is 0 Å². The highest BCUT2D eigenvalue weighted by atomic mass is 32.1. The lowest BCUT2D eigenvalue weighted by Gasteiger charge is -2.34. The fraction of sp³-hybridized carbons (Fsp3) is 0.375. The standard InChI is InChI=1S/C16H19N5O2S/c1-11-9-12(21-7-5-20(2)6-8-21)3-4-13(11)15(22)18-16-17-10-14(19-23)24-16/h3-4,9-10H,5-8H2,1-2H3,(H,17,18,22). The number of nitrogens with zero attached hydrogens (tertiary/aromatic N) is 4. The molecular formula is C16H19N5O2S. The minimum atomic E-state index is -0.232. The van der Waals surface area contributed by atoms with Gasteiger partial charge in [-0.05, 0) is 42.9 Å². The largest absolute Gasteiger partial charge is 0.369 e. The SMILES string of the molecule is Cc1cc(N2CCN(C)CC2)ccc1C(=O)Nc1ncc(N=O)s1. The Bertz CT molecular complexity index is 753. The Morgan fingerprint density at radius 1 is 1.29 bits per heavy atom. The van der Waals surface area contributed by atoms with Crippen LogP contribution in [0.3, 0.4) is 0 Å². The predicted octanol–water partition coefficient (Wildman–Crippen LogP) is 2.85. The summed E-state index contributed by atoms with van der Waals surface area (Å²) in [7, 11) is 2.13. The Kier molecular flexibility index (Phi) is 4.86. The topological polar surface area (TPSA) is 77.9 Å². The van der Waals surface area contributed by atoms with Crippen molar-refractivity contribution >= 4 is 33.1 Å². The molecule has 1 aliphatic rings. The molecular weight excluding hydrogens is 326 g/mol. The van der Waals surface area contributed by atoms with Gasteiger partial charge < -0.3 is 9.80 Å². The van der Waals surface area contributed by atoms with Crippen LogP contribution in [0.4, 0.5) is 15.8 Å². The van der Waals surface area contributed by atoms with Crippen molar-refractivity contribution in [3.05, 3.63) is 40.4 Å². The molecule has 0 spiro atoms. The van der Waals surface area contributed by atoms with Crippen molar-refractivity contribution in [3.8, 4) is 0 Å².